The van der Waals surface area contributed by atoms with Crippen molar-refractivity contribution >= 4 is 17.2 Å². The van der Waals surface area contributed by atoms with Gasteiger partial charge in [-0.25, -0.2) is 0 Å². The highest BCUT2D eigenvalue weighted by Crippen LogP contribution is 2.15. The predicted octanol–water partition coefficient (Wildman–Crippen LogP) is 3.18. The topological polar surface area (TPSA) is 74.5 Å². The molecule has 2 aromatic rings. The van der Waals surface area contributed by atoms with E-state index in [0.29, 0.717) is 17.0 Å². The van der Waals surface area contributed by atoms with E-state index in [1.807, 2.05) is 25.1 Å². The van der Waals surface area contributed by atoms with Crippen LogP contribution in [0, 0.1) is 18.3 Å². The molecule has 0 aliphatic rings. The Hall–Kier alpha value is -3.13. The lowest BCUT2D eigenvalue weighted by Crippen LogP contribution is -2.14. The quantitative estimate of drug-likeness (QED) is 0.522. The molecule has 0 aliphatic carbocycles. The number of anilines is 1. The number of Topliss-reactive ketones (excluding diaryl/α,β-unsaturated/α-hetero) is 1. The van der Waals surface area contributed by atoms with Gasteiger partial charge in [0.2, 0.25) is 11.5 Å². The molecule has 0 bridgehead atoms. The summed E-state index contributed by atoms with van der Waals surface area (Å²) in [6, 6.07) is 15.8. The van der Waals surface area contributed by atoms with Crippen molar-refractivity contribution in [3.8, 4) is 11.8 Å². The van der Waals surface area contributed by atoms with Gasteiger partial charge in [-0.05, 0) is 31.2 Å². The summed E-state index contributed by atoms with van der Waals surface area (Å²) in [7, 11) is 1.58. The maximum absolute atomic E-state index is 12.2. The minimum absolute atomic E-state index is 0.195. The van der Waals surface area contributed by atoms with Crippen LogP contribution in [0.25, 0.3) is 0 Å². The average Bonchev–Trinajstić information content (AvgIpc) is 2.56. The molecule has 5 nitrogen and oxygen atoms in total. The number of benzene rings is 2. The Morgan fingerprint density at radius 3 is 2.32 bits per heavy atom. The summed E-state index contributed by atoms with van der Waals surface area (Å²) in [6.45, 7) is 1.93. The zero-order valence-electron chi connectivity index (χ0n) is 12.3. The number of carbonyl (C=O) groups excluding carboxylic acids is 1. The number of ether oxygens (including phenoxy) is 1. The van der Waals surface area contributed by atoms with Gasteiger partial charge in [0.15, 0.2) is 0 Å². The van der Waals surface area contributed by atoms with Gasteiger partial charge in [-0.1, -0.05) is 29.8 Å². The van der Waals surface area contributed by atoms with Gasteiger partial charge in [0, 0.05) is 5.56 Å². The lowest BCUT2D eigenvalue weighted by molar-refractivity contribution is 0.106. The second-order valence-corrected chi connectivity index (χ2v) is 4.61. The van der Waals surface area contributed by atoms with E-state index in [9.17, 15) is 4.79 Å². The Balaban J connectivity index is 2.14. The molecule has 22 heavy (non-hydrogen) atoms. The van der Waals surface area contributed by atoms with Gasteiger partial charge in [0.25, 0.3) is 0 Å². The summed E-state index contributed by atoms with van der Waals surface area (Å²) < 4.78 is 5.05. The fourth-order valence-corrected chi connectivity index (χ4v) is 1.75. The van der Waals surface area contributed by atoms with Crippen LogP contribution < -0.4 is 10.2 Å². The number of rotatable bonds is 5. The average molecular weight is 293 g/mol. The van der Waals surface area contributed by atoms with Crippen LogP contribution in [0.5, 0.6) is 5.75 Å². The van der Waals surface area contributed by atoms with Crippen LogP contribution in [0.15, 0.2) is 53.6 Å². The van der Waals surface area contributed by atoms with E-state index < -0.39 is 5.78 Å². The Bertz CT molecular complexity index is 726. The maximum atomic E-state index is 12.2. The number of carbonyl (C=O) groups is 1. The number of hydrogen-bond donors (Lipinski definition) is 1. The van der Waals surface area contributed by atoms with Crippen molar-refractivity contribution in [3.63, 3.8) is 0 Å². The standard InChI is InChI=1S/C17H15N3O2/c1-12-3-5-13(6-4-12)17(21)16(11-18)20-19-14-7-9-15(22-2)10-8-14/h3-10,19H,1-2H3/b20-16+. The Labute approximate surface area is 128 Å². The molecule has 0 amide bonds. The third-order valence-electron chi connectivity index (χ3n) is 3.02. The highest BCUT2D eigenvalue weighted by molar-refractivity contribution is 6.51. The summed E-state index contributed by atoms with van der Waals surface area (Å²) in [5, 5.41) is 13.0. The molecule has 2 rings (SSSR count). The zero-order chi connectivity index (χ0) is 15.9. The van der Waals surface area contributed by atoms with Gasteiger partial charge in [-0.15, -0.1) is 0 Å². The third-order valence-corrected chi connectivity index (χ3v) is 3.02. The van der Waals surface area contributed by atoms with Gasteiger partial charge in [-0.3, -0.25) is 10.2 Å². The zero-order valence-corrected chi connectivity index (χ0v) is 12.3. The number of hydrogen-bond acceptors (Lipinski definition) is 5. The van der Waals surface area contributed by atoms with Crippen LogP contribution in [0.3, 0.4) is 0 Å². The van der Waals surface area contributed by atoms with E-state index in [1.54, 1.807) is 43.5 Å². The van der Waals surface area contributed by atoms with Crippen LogP contribution in [0.1, 0.15) is 15.9 Å². The smallest absolute Gasteiger partial charge is 0.223 e. The van der Waals surface area contributed by atoms with E-state index in [-0.39, 0.29) is 5.71 Å². The van der Waals surface area contributed by atoms with Gasteiger partial charge in [-0.2, -0.15) is 10.4 Å². The number of nitrogens with zero attached hydrogens (tertiary/aromatic N) is 2. The molecule has 0 aliphatic heterocycles. The van der Waals surface area contributed by atoms with Gasteiger partial charge >= 0.3 is 0 Å². The van der Waals surface area contributed by atoms with Crippen LogP contribution >= 0.6 is 0 Å². The minimum Gasteiger partial charge on any atom is -0.497 e. The summed E-state index contributed by atoms with van der Waals surface area (Å²) >= 11 is 0. The number of aryl methyl sites for hydroxylation is 1. The molecule has 0 spiro atoms. The fraction of sp³-hybridized carbons (Fsp3) is 0.118. The second kappa shape index (κ2) is 7.04. The number of ketones is 1. The first kappa shape index (κ1) is 15.3. The largest absolute Gasteiger partial charge is 0.497 e. The Morgan fingerprint density at radius 1 is 1.14 bits per heavy atom. The van der Waals surface area contributed by atoms with E-state index in [4.69, 9.17) is 10.00 Å². The number of nitrogens with one attached hydrogen (secondary N) is 1. The van der Waals surface area contributed by atoms with Crippen LogP contribution in [-0.2, 0) is 0 Å². The van der Waals surface area contributed by atoms with Crippen LogP contribution in [0.4, 0.5) is 5.69 Å². The first-order valence-corrected chi connectivity index (χ1v) is 6.63. The SMILES string of the molecule is COc1ccc(N/N=C(\C#N)C(=O)c2ccc(C)cc2)cc1. The lowest BCUT2D eigenvalue weighted by Gasteiger charge is -2.03. The van der Waals surface area contributed by atoms with Crippen molar-refractivity contribution in [1.29, 1.82) is 5.26 Å². The molecule has 0 unspecified atom stereocenters. The van der Waals surface area contributed by atoms with E-state index in [1.165, 1.54) is 0 Å². The van der Waals surface area contributed by atoms with E-state index >= 15 is 0 Å². The molecule has 1 N–H and O–H groups in total. The first-order chi connectivity index (χ1) is 10.6. The number of nitriles is 1. The molecule has 2 aromatic carbocycles. The molecule has 110 valence electrons. The molecule has 0 saturated heterocycles. The molecule has 0 radical (unpaired) electrons. The molecule has 5 heteroatoms. The molecular formula is C17H15N3O2. The summed E-state index contributed by atoms with van der Waals surface area (Å²) in [6.07, 6.45) is 0. The second-order valence-electron chi connectivity index (χ2n) is 4.61. The van der Waals surface area contributed by atoms with E-state index in [2.05, 4.69) is 10.5 Å². The van der Waals surface area contributed by atoms with Crippen molar-refractivity contribution in [3.05, 3.63) is 59.7 Å². The van der Waals surface area contributed by atoms with Crippen molar-refractivity contribution < 1.29 is 9.53 Å². The normalized spacial score (nSPS) is 10.7. The predicted molar refractivity (Wildman–Crippen MR) is 85.2 cm³/mol. The summed E-state index contributed by atoms with van der Waals surface area (Å²) in [5.74, 6) is 0.300. The van der Waals surface area contributed by atoms with Gasteiger partial charge in [0.1, 0.15) is 11.8 Å². The Kier molecular flexibility index (Phi) is 4.89. The van der Waals surface area contributed by atoms with Crippen molar-refractivity contribution in [1.82, 2.24) is 0 Å². The monoisotopic (exact) mass is 293 g/mol. The molecular weight excluding hydrogens is 278 g/mol. The van der Waals surface area contributed by atoms with E-state index in [0.717, 1.165) is 5.56 Å². The molecule has 0 heterocycles. The van der Waals surface area contributed by atoms with Crippen molar-refractivity contribution in [2.75, 3.05) is 12.5 Å². The fourth-order valence-electron chi connectivity index (χ4n) is 1.75. The lowest BCUT2D eigenvalue weighted by atomic mass is 10.1. The molecule has 0 saturated carbocycles. The van der Waals surface area contributed by atoms with Gasteiger partial charge < -0.3 is 4.74 Å². The first-order valence-electron chi connectivity index (χ1n) is 6.63. The third kappa shape index (κ3) is 3.70. The number of hydrazone groups is 1. The highest BCUT2D eigenvalue weighted by Gasteiger charge is 2.13. The molecule has 0 fully saturated rings. The maximum Gasteiger partial charge on any atom is 0.223 e. The molecule has 0 atom stereocenters. The Morgan fingerprint density at radius 2 is 1.77 bits per heavy atom. The highest BCUT2D eigenvalue weighted by atomic mass is 16.5. The van der Waals surface area contributed by atoms with Crippen LogP contribution in [0.2, 0.25) is 0 Å². The van der Waals surface area contributed by atoms with Crippen molar-refractivity contribution in [2.24, 2.45) is 5.10 Å². The van der Waals surface area contributed by atoms with Crippen molar-refractivity contribution in [2.45, 2.75) is 6.92 Å². The minimum atomic E-state index is -0.413. The number of methoxy groups -OCH3 is 1. The van der Waals surface area contributed by atoms with Gasteiger partial charge in [0.05, 0.1) is 12.8 Å². The summed E-state index contributed by atoms with van der Waals surface area (Å²) in [5.41, 5.74) is 4.64. The van der Waals surface area contributed by atoms with Crippen LogP contribution in [-0.4, -0.2) is 18.6 Å². The summed E-state index contributed by atoms with van der Waals surface area (Å²) in [4.78, 5) is 12.2. The molecule has 0 aromatic heterocycles.